The van der Waals surface area contributed by atoms with Crippen molar-refractivity contribution in [1.29, 1.82) is 0 Å². The number of benzene rings is 1. The highest BCUT2D eigenvalue weighted by Crippen LogP contribution is 2.21. The van der Waals surface area contributed by atoms with Gasteiger partial charge in [0.2, 0.25) is 0 Å². The monoisotopic (exact) mass is 244 g/mol. The van der Waals surface area contributed by atoms with E-state index in [9.17, 15) is 4.79 Å². The van der Waals surface area contributed by atoms with Crippen LogP contribution in [0.15, 0.2) is 27.6 Å². The quantitative estimate of drug-likeness (QED) is 0.624. The zero-order chi connectivity index (χ0) is 9.14. The lowest BCUT2D eigenvalue weighted by Gasteiger charge is -2.01. The number of ketones is 1. The van der Waals surface area contributed by atoms with Crippen molar-refractivity contribution in [3.63, 3.8) is 0 Å². The molecule has 3 heteroatoms. The lowest BCUT2D eigenvalue weighted by molar-refractivity contribution is 0.0987. The number of Topliss-reactive ketones (excluding diaryl/α,β-unsaturated/α-hetero) is 1. The van der Waals surface area contributed by atoms with Crippen LogP contribution in [0.4, 0.5) is 0 Å². The minimum atomic E-state index is 0.148. The third-order valence-electron chi connectivity index (χ3n) is 1.57. The van der Waals surface area contributed by atoms with Gasteiger partial charge < -0.3 is 0 Å². The van der Waals surface area contributed by atoms with Gasteiger partial charge in [-0.2, -0.15) is 0 Å². The summed E-state index contributed by atoms with van der Waals surface area (Å²) in [5.74, 6) is 0.148. The predicted molar refractivity (Wildman–Crippen MR) is 56.0 cm³/mol. The number of rotatable bonds is 2. The van der Waals surface area contributed by atoms with Crippen LogP contribution in [0.2, 0.25) is 0 Å². The molecule has 0 atom stereocenters. The molecule has 0 amide bonds. The smallest absolute Gasteiger partial charge is 0.163 e. The average molecular weight is 245 g/mol. The molecule has 0 aliphatic rings. The Morgan fingerprint density at radius 3 is 2.75 bits per heavy atom. The largest absolute Gasteiger partial charge is 0.294 e. The van der Waals surface area contributed by atoms with Gasteiger partial charge >= 0.3 is 0 Å². The SMILES string of the molecule is CCC(=O)c1ccc(S)cc1Br. The highest BCUT2D eigenvalue weighted by atomic mass is 79.9. The first-order chi connectivity index (χ1) is 5.65. The van der Waals surface area contributed by atoms with Gasteiger partial charge in [-0.25, -0.2) is 0 Å². The Hall–Kier alpha value is -0.280. The molecule has 1 aromatic carbocycles. The molecule has 0 bridgehead atoms. The summed E-state index contributed by atoms with van der Waals surface area (Å²) in [6.07, 6.45) is 0.532. The van der Waals surface area contributed by atoms with Crippen molar-refractivity contribution in [3.8, 4) is 0 Å². The Balaban J connectivity index is 3.09. The summed E-state index contributed by atoms with van der Waals surface area (Å²) >= 11 is 7.48. The molecule has 1 rings (SSSR count). The van der Waals surface area contributed by atoms with Crippen LogP contribution in [0.1, 0.15) is 23.7 Å². The van der Waals surface area contributed by atoms with E-state index in [0.29, 0.717) is 6.42 Å². The summed E-state index contributed by atoms with van der Waals surface area (Å²) in [7, 11) is 0. The molecule has 0 N–H and O–H groups in total. The Morgan fingerprint density at radius 2 is 2.25 bits per heavy atom. The summed E-state index contributed by atoms with van der Waals surface area (Å²) in [6, 6.07) is 5.43. The van der Waals surface area contributed by atoms with Gasteiger partial charge in [0.1, 0.15) is 0 Å². The summed E-state index contributed by atoms with van der Waals surface area (Å²) < 4.78 is 0.821. The Kier molecular flexibility index (Phi) is 3.35. The van der Waals surface area contributed by atoms with Crippen molar-refractivity contribution >= 4 is 34.3 Å². The number of hydrogen-bond donors (Lipinski definition) is 1. The van der Waals surface area contributed by atoms with Crippen LogP contribution in [0, 0.1) is 0 Å². The molecule has 1 nitrogen and oxygen atoms in total. The van der Waals surface area contributed by atoms with Crippen LogP contribution in [-0.4, -0.2) is 5.78 Å². The third-order valence-corrected chi connectivity index (χ3v) is 2.51. The van der Waals surface area contributed by atoms with E-state index < -0.39 is 0 Å². The summed E-state index contributed by atoms with van der Waals surface area (Å²) in [5.41, 5.74) is 0.732. The highest BCUT2D eigenvalue weighted by molar-refractivity contribution is 9.10. The van der Waals surface area contributed by atoms with Gasteiger partial charge in [0.25, 0.3) is 0 Å². The summed E-state index contributed by atoms with van der Waals surface area (Å²) in [4.78, 5) is 12.1. The second kappa shape index (κ2) is 4.10. The van der Waals surface area contributed by atoms with E-state index >= 15 is 0 Å². The van der Waals surface area contributed by atoms with Gasteiger partial charge in [-0.3, -0.25) is 4.79 Å². The first-order valence-electron chi connectivity index (χ1n) is 3.67. The van der Waals surface area contributed by atoms with Gasteiger partial charge in [0.15, 0.2) is 5.78 Å². The summed E-state index contributed by atoms with van der Waals surface area (Å²) in [5, 5.41) is 0. The first kappa shape index (κ1) is 9.81. The fourth-order valence-electron chi connectivity index (χ4n) is 0.921. The van der Waals surface area contributed by atoms with E-state index in [1.54, 1.807) is 6.07 Å². The van der Waals surface area contributed by atoms with Crippen molar-refractivity contribution in [2.45, 2.75) is 18.2 Å². The van der Waals surface area contributed by atoms with Crippen molar-refractivity contribution in [1.82, 2.24) is 0 Å². The minimum Gasteiger partial charge on any atom is -0.294 e. The maximum Gasteiger partial charge on any atom is 0.163 e. The molecule has 64 valence electrons. The molecular formula is C9H9BrOS. The normalized spacial score (nSPS) is 9.92. The molecule has 0 aliphatic carbocycles. The zero-order valence-corrected chi connectivity index (χ0v) is 9.15. The first-order valence-corrected chi connectivity index (χ1v) is 4.91. The predicted octanol–water partition coefficient (Wildman–Crippen LogP) is 3.33. The highest BCUT2D eigenvalue weighted by Gasteiger charge is 2.06. The molecule has 0 aromatic heterocycles. The minimum absolute atomic E-state index is 0.148. The molecule has 0 radical (unpaired) electrons. The molecule has 0 saturated heterocycles. The maximum atomic E-state index is 11.3. The Labute approximate surface area is 85.7 Å². The second-order valence-corrected chi connectivity index (χ2v) is 3.81. The Bertz CT molecular complexity index is 309. The maximum absolute atomic E-state index is 11.3. The molecule has 0 fully saturated rings. The van der Waals surface area contributed by atoms with E-state index in [0.717, 1.165) is 14.9 Å². The standard InChI is InChI=1S/C9H9BrOS/c1-2-9(11)7-4-3-6(12)5-8(7)10/h3-5,12H,2H2,1H3. The van der Waals surface area contributed by atoms with Gasteiger partial charge in [-0.15, -0.1) is 12.6 Å². The van der Waals surface area contributed by atoms with E-state index in [-0.39, 0.29) is 5.78 Å². The lowest BCUT2D eigenvalue weighted by Crippen LogP contribution is -1.97. The number of thiol groups is 1. The lowest BCUT2D eigenvalue weighted by atomic mass is 10.1. The summed E-state index contributed by atoms with van der Waals surface area (Å²) in [6.45, 7) is 1.85. The van der Waals surface area contributed by atoms with Crippen molar-refractivity contribution in [2.24, 2.45) is 0 Å². The molecule has 1 aromatic rings. The fraction of sp³-hybridized carbons (Fsp3) is 0.222. The second-order valence-electron chi connectivity index (χ2n) is 2.44. The van der Waals surface area contributed by atoms with Crippen molar-refractivity contribution < 1.29 is 4.79 Å². The van der Waals surface area contributed by atoms with Crippen LogP contribution >= 0.6 is 28.6 Å². The molecule has 12 heavy (non-hydrogen) atoms. The van der Waals surface area contributed by atoms with Gasteiger partial charge in [0, 0.05) is 21.4 Å². The van der Waals surface area contributed by atoms with E-state index in [1.165, 1.54) is 0 Å². The number of carbonyl (C=O) groups is 1. The van der Waals surface area contributed by atoms with E-state index in [2.05, 4.69) is 28.6 Å². The fourth-order valence-corrected chi connectivity index (χ4v) is 1.90. The molecule has 0 saturated carbocycles. The molecular weight excluding hydrogens is 236 g/mol. The number of carbonyl (C=O) groups excluding carboxylic acids is 1. The molecule has 0 unspecified atom stereocenters. The van der Waals surface area contributed by atoms with Gasteiger partial charge in [-0.1, -0.05) is 22.9 Å². The van der Waals surface area contributed by atoms with Crippen molar-refractivity contribution in [2.75, 3.05) is 0 Å². The van der Waals surface area contributed by atoms with E-state index in [1.807, 2.05) is 19.1 Å². The zero-order valence-electron chi connectivity index (χ0n) is 6.67. The molecule has 0 heterocycles. The van der Waals surface area contributed by atoms with Crippen LogP contribution < -0.4 is 0 Å². The van der Waals surface area contributed by atoms with Gasteiger partial charge in [-0.05, 0) is 18.2 Å². The van der Waals surface area contributed by atoms with Gasteiger partial charge in [0.05, 0.1) is 0 Å². The van der Waals surface area contributed by atoms with E-state index in [4.69, 9.17) is 0 Å². The van der Waals surface area contributed by atoms with Crippen LogP contribution in [-0.2, 0) is 0 Å². The third kappa shape index (κ3) is 2.11. The topological polar surface area (TPSA) is 17.1 Å². The average Bonchev–Trinajstić information content (AvgIpc) is 2.03. The Morgan fingerprint density at radius 1 is 1.58 bits per heavy atom. The van der Waals surface area contributed by atoms with Crippen molar-refractivity contribution in [3.05, 3.63) is 28.2 Å². The van der Waals surface area contributed by atoms with Crippen LogP contribution in [0.25, 0.3) is 0 Å². The van der Waals surface area contributed by atoms with Crippen LogP contribution in [0.5, 0.6) is 0 Å². The molecule has 0 aliphatic heterocycles. The number of hydrogen-bond acceptors (Lipinski definition) is 2. The molecule has 0 spiro atoms. The number of halogens is 1. The van der Waals surface area contributed by atoms with Crippen LogP contribution in [0.3, 0.4) is 0 Å².